The van der Waals surface area contributed by atoms with Crippen molar-refractivity contribution in [3.8, 4) is 0 Å². The first-order chi connectivity index (χ1) is 9.97. The number of thioether (sulfide) groups is 1. The molecular weight excluding hydrogens is 294 g/mol. The van der Waals surface area contributed by atoms with Gasteiger partial charge in [-0.1, -0.05) is 25.6 Å². The monoisotopic (exact) mass is 315 g/mol. The Labute approximate surface area is 128 Å². The number of hydrogen-bond donors (Lipinski definition) is 1. The molecule has 118 valence electrons. The molecule has 1 N–H and O–H groups in total. The molecular formula is C13H21N3O4S. The molecule has 0 bridgehead atoms. The Morgan fingerprint density at radius 3 is 2.86 bits per heavy atom. The lowest BCUT2D eigenvalue weighted by Crippen LogP contribution is -2.38. The second-order valence-corrected chi connectivity index (χ2v) is 6.40. The van der Waals surface area contributed by atoms with Crippen molar-refractivity contribution >= 4 is 17.7 Å². The molecule has 1 aliphatic heterocycles. The molecule has 1 aromatic rings. The molecule has 8 heteroatoms. The Bertz CT molecular complexity index is 498. The fourth-order valence-corrected chi connectivity index (χ4v) is 3.00. The SMILES string of the molecule is COC1(Cn2c(SCC(=O)O)nnc2C(C)C)CCOC1. The molecule has 2 heterocycles. The zero-order chi connectivity index (χ0) is 15.5. The second-order valence-electron chi connectivity index (χ2n) is 5.45. The van der Waals surface area contributed by atoms with E-state index in [1.165, 1.54) is 11.8 Å². The van der Waals surface area contributed by atoms with Crippen LogP contribution in [0.3, 0.4) is 0 Å². The first-order valence-electron chi connectivity index (χ1n) is 6.88. The Kier molecular flexibility index (Phi) is 5.23. The summed E-state index contributed by atoms with van der Waals surface area (Å²) < 4.78 is 13.1. The molecule has 1 atom stereocenters. The topological polar surface area (TPSA) is 86.5 Å². The van der Waals surface area contributed by atoms with Gasteiger partial charge in [0.15, 0.2) is 5.16 Å². The van der Waals surface area contributed by atoms with Crippen LogP contribution in [-0.2, 0) is 20.8 Å². The van der Waals surface area contributed by atoms with Gasteiger partial charge in [0, 0.05) is 26.1 Å². The summed E-state index contributed by atoms with van der Waals surface area (Å²) in [6.45, 7) is 5.85. The van der Waals surface area contributed by atoms with E-state index in [4.69, 9.17) is 14.6 Å². The maximum Gasteiger partial charge on any atom is 0.313 e. The highest BCUT2D eigenvalue weighted by Crippen LogP contribution is 2.29. The molecule has 0 aliphatic carbocycles. The fraction of sp³-hybridized carbons (Fsp3) is 0.769. The summed E-state index contributed by atoms with van der Waals surface area (Å²) in [6, 6.07) is 0. The normalized spacial score (nSPS) is 22.1. The molecule has 1 saturated heterocycles. The third kappa shape index (κ3) is 3.75. The third-order valence-corrected chi connectivity index (χ3v) is 4.48. The van der Waals surface area contributed by atoms with Crippen molar-refractivity contribution in [2.24, 2.45) is 0 Å². The molecule has 0 amide bonds. The van der Waals surface area contributed by atoms with Gasteiger partial charge >= 0.3 is 5.97 Å². The minimum absolute atomic E-state index is 0.0350. The van der Waals surface area contributed by atoms with Crippen molar-refractivity contribution in [3.63, 3.8) is 0 Å². The van der Waals surface area contributed by atoms with E-state index in [2.05, 4.69) is 10.2 Å². The van der Waals surface area contributed by atoms with Gasteiger partial charge in [-0.25, -0.2) is 0 Å². The molecule has 0 aromatic carbocycles. The van der Waals surface area contributed by atoms with E-state index < -0.39 is 5.97 Å². The molecule has 1 aliphatic rings. The Morgan fingerprint density at radius 1 is 1.57 bits per heavy atom. The standard InChI is InChI=1S/C13H21N3O4S/c1-9(2)11-14-15-12(21-6-10(17)18)16(11)7-13(19-3)4-5-20-8-13/h9H,4-8H2,1-3H3,(H,17,18). The smallest absolute Gasteiger partial charge is 0.313 e. The molecule has 0 radical (unpaired) electrons. The minimum Gasteiger partial charge on any atom is -0.481 e. The number of hydrogen-bond acceptors (Lipinski definition) is 6. The molecule has 0 saturated carbocycles. The lowest BCUT2D eigenvalue weighted by atomic mass is 10.0. The fourth-order valence-electron chi connectivity index (χ4n) is 2.34. The molecule has 21 heavy (non-hydrogen) atoms. The summed E-state index contributed by atoms with van der Waals surface area (Å²) in [5.74, 6) is 0.137. The highest BCUT2D eigenvalue weighted by molar-refractivity contribution is 7.99. The van der Waals surface area contributed by atoms with Crippen molar-refractivity contribution in [3.05, 3.63) is 5.82 Å². The van der Waals surface area contributed by atoms with Crippen LogP contribution in [0.1, 0.15) is 32.0 Å². The van der Waals surface area contributed by atoms with E-state index in [1.807, 2.05) is 18.4 Å². The van der Waals surface area contributed by atoms with Gasteiger partial charge in [0.1, 0.15) is 11.4 Å². The molecule has 7 nitrogen and oxygen atoms in total. The van der Waals surface area contributed by atoms with E-state index >= 15 is 0 Å². The van der Waals surface area contributed by atoms with Crippen molar-refractivity contribution in [1.82, 2.24) is 14.8 Å². The predicted molar refractivity (Wildman–Crippen MR) is 77.6 cm³/mol. The average molecular weight is 315 g/mol. The number of ether oxygens (including phenoxy) is 2. The number of aromatic nitrogens is 3. The van der Waals surface area contributed by atoms with Gasteiger partial charge in [-0.05, 0) is 0 Å². The lowest BCUT2D eigenvalue weighted by Gasteiger charge is -2.27. The van der Waals surface area contributed by atoms with Crippen molar-refractivity contribution in [2.45, 2.75) is 43.5 Å². The minimum atomic E-state index is -0.869. The van der Waals surface area contributed by atoms with Crippen LogP contribution in [0.15, 0.2) is 5.16 Å². The van der Waals surface area contributed by atoms with Crippen molar-refractivity contribution < 1.29 is 19.4 Å². The van der Waals surface area contributed by atoms with E-state index in [-0.39, 0.29) is 17.3 Å². The summed E-state index contributed by atoms with van der Waals surface area (Å²) in [5.41, 5.74) is -0.384. The van der Waals surface area contributed by atoms with Crippen LogP contribution in [-0.4, -0.2) is 57.5 Å². The maximum absolute atomic E-state index is 10.8. The first kappa shape index (κ1) is 16.3. The Balaban J connectivity index is 2.25. The van der Waals surface area contributed by atoms with E-state index in [1.54, 1.807) is 7.11 Å². The summed E-state index contributed by atoms with van der Waals surface area (Å²) in [7, 11) is 1.68. The van der Waals surface area contributed by atoms with Crippen LogP contribution >= 0.6 is 11.8 Å². The van der Waals surface area contributed by atoms with Gasteiger partial charge < -0.3 is 19.1 Å². The molecule has 0 spiro atoms. The number of carboxylic acids is 1. The van der Waals surface area contributed by atoms with Crippen LogP contribution in [0.5, 0.6) is 0 Å². The van der Waals surface area contributed by atoms with Crippen LogP contribution in [0.25, 0.3) is 0 Å². The number of methoxy groups -OCH3 is 1. The van der Waals surface area contributed by atoms with Gasteiger partial charge in [-0.15, -0.1) is 10.2 Å². The molecule has 1 unspecified atom stereocenters. The van der Waals surface area contributed by atoms with Crippen LogP contribution in [0.4, 0.5) is 0 Å². The number of carboxylic acid groups (broad SMARTS) is 1. The van der Waals surface area contributed by atoms with Gasteiger partial charge in [-0.3, -0.25) is 4.79 Å². The van der Waals surface area contributed by atoms with E-state index in [0.717, 1.165) is 12.2 Å². The molecule has 1 aromatic heterocycles. The van der Waals surface area contributed by atoms with E-state index in [9.17, 15) is 4.79 Å². The van der Waals surface area contributed by atoms with Crippen LogP contribution in [0, 0.1) is 0 Å². The van der Waals surface area contributed by atoms with Gasteiger partial charge in [0.05, 0.1) is 18.9 Å². The maximum atomic E-state index is 10.8. The van der Waals surface area contributed by atoms with Crippen LogP contribution < -0.4 is 0 Å². The van der Waals surface area contributed by atoms with Crippen LogP contribution in [0.2, 0.25) is 0 Å². The van der Waals surface area contributed by atoms with Crippen molar-refractivity contribution in [2.75, 3.05) is 26.1 Å². The Morgan fingerprint density at radius 2 is 2.33 bits per heavy atom. The first-order valence-corrected chi connectivity index (χ1v) is 7.86. The second kappa shape index (κ2) is 6.76. The Hall–Kier alpha value is -1.12. The number of aliphatic carboxylic acids is 1. The van der Waals surface area contributed by atoms with E-state index in [0.29, 0.717) is 24.9 Å². The van der Waals surface area contributed by atoms with Crippen molar-refractivity contribution in [1.29, 1.82) is 0 Å². The zero-order valence-electron chi connectivity index (χ0n) is 12.5. The quantitative estimate of drug-likeness (QED) is 0.761. The summed E-state index contributed by atoms with van der Waals surface area (Å²) >= 11 is 1.18. The van der Waals surface area contributed by atoms with Gasteiger partial charge in [-0.2, -0.15) is 0 Å². The summed E-state index contributed by atoms with van der Waals surface area (Å²) in [4.78, 5) is 10.8. The lowest BCUT2D eigenvalue weighted by molar-refractivity contribution is -0.133. The highest BCUT2D eigenvalue weighted by Gasteiger charge is 2.37. The van der Waals surface area contributed by atoms with Gasteiger partial charge in [0.25, 0.3) is 0 Å². The largest absolute Gasteiger partial charge is 0.481 e. The number of rotatable bonds is 7. The summed E-state index contributed by atoms with van der Waals surface area (Å²) in [5, 5.41) is 17.8. The van der Waals surface area contributed by atoms with Gasteiger partial charge in [0.2, 0.25) is 0 Å². The molecule has 2 rings (SSSR count). The average Bonchev–Trinajstić information content (AvgIpc) is 3.04. The highest BCUT2D eigenvalue weighted by atomic mass is 32.2. The summed E-state index contributed by atoms with van der Waals surface area (Å²) in [6.07, 6.45) is 0.808. The number of carbonyl (C=O) groups is 1. The predicted octanol–water partition coefficient (Wildman–Crippen LogP) is 1.38. The molecule has 1 fully saturated rings. The number of nitrogens with zero attached hydrogens (tertiary/aromatic N) is 3. The zero-order valence-corrected chi connectivity index (χ0v) is 13.4. The third-order valence-electron chi connectivity index (χ3n) is 3.53.